The smallest absolute Gasteiger partial charge is 0.223 e. The number of rotatable bonds is 4. The first kappa shape index (κ1) is 14.4. The van der Waals surface area contributed by atoms with Gasteiger partial charge in [-0.2, -0.15) is 0 Å². The van der Waals surface area contributed by atoms with Crippen LogP contribution in [0.2, 0.25) is 0 Å². The molecule has 110 valence electrons. The Morgan fingerprint density at radius 1 is 1.05 bits per heavy atom. The first-order valence-electron chi connectivity index (χ1n) is 7.06. The number of carbonyl (C=O) groups is 2. The standard InChI is InChI=1S/C18H15NO3/c20-16(14-9-5-2-6-10-14)12-18(22)17(21)11-15(19-18)13-7-3-1-4-8-13/h1-10,22H,11-12H2. The van der Waals surface area contributed by atoms with Crippen molar-refractivity contribution >= 4 is 17.3 Å². The first-order valence-corrected chi connectivity index (χ1v) is 7.06. The lowest BCUT2D eigenvalue weighted by Crippen LogP contribution is -2.35. The fraction of sp³-hybridized carbons (Fsp3) is 0.167. The number of hydrogen-bond acceptors (Lipinski definition) is 4. The molecule has 4 heteroatoms. The quantitative estimate of drug-likeness (QED) is 0.880. The SMILES string of the molecule is O=C(CC1(O)N=C(c2ccccc2)CC1=O)c1ccccc1. The molecule has 1 aliphatic heterocycles. The van der Waals surface area contributed by atoms with E-state index in [9.17, 15) is 14.7 Å². The molecular formula is C18H15NO3. The summed E-state index contributed by atoms with van der Waals surface area (Å²) in [6.07, 6.45) is -0.283. The summed E-state index contributed by atoms with van der Waals surface area (Å²) in [4.78, 5) is 28.5. The van der Waals surface area contributed by atoms with Gasteiger partial charge >= 0.3 is 0 Å². The van der Waals surface area contributed by atoms with Gasteiger partial charge in [-0.1, -0.05) is 60.7 Å². The molecule has 0 aromatic heterocycles. The van der Waals surface area contributed by atoms with E-state index in [2.05, 4.69) is 4.99 Å². The van der Waals surface area contributed by atoms with Crippen LogP contribution >= 0.6 is 0 Å². The predicted octanol–water partition coefficient (Wildman–Crippen LogP) is 2.41. The van der Waals surface area contributed by atoms with E-state index in [1.807, 2.05) is 30.3 Å². The first-order chi connectivity index (χ1) is 10.6. The fourth-order valence-electron chi connectivity index (χ4n) is 2.50. The topological polar surface area (TPSA) is 66.7 Å². The highest BCUT2D eigenvalue weighted by molar-refractivity contribution is 6.19. The molecule has 1 N–H and O–H groups in total. The molecule has 1 atom stereocenters. The number of carbonyl (C=O) groups excluding carboxylic acids is 2. The number of benzene rings is 2. The summed E-state index contributed by atoms with van der Waals surface area (Å²) in [5.74, 6) is -0.731. The highest BCUT2D eigenvalue weighted by atomic mass is 16.3. The van der Waals surface area contributed by atoms with Crippen molar-refractivity contribution in [2.75, 3.05) is 0 Å². The number of Topliss-reactive ketones (excluding diaryl/α,β-unsaturated/α-hetero) is 2. The van der Waals surface area contributed by atoms with Gasteiger partial charge < -0.3 is 5.11 Å². The van der Waals surface area contributed by atoms with Crippen molar-refractivity contribution in [3.63, 3.8) is 0 Å². The van der Waals surface area contributed by atoms with Crippen LogP contribution in [0, 0.1) is 0 Å². The summed E-state index contributed by atoms with van der Waals surface area (Å²) < 4.78 is 0. The second-order valence-corrected chi connectivity index (χ2v) is 5.31. The van der Waals surface area contributed by atoms with Gasteiger partial charge in [-0.05, 0) is 5.56 Å². The van der Waals surface area contributed by atoms with Crippen LogP contribution < -0.4 is 0 Å². The number of nitrogens with zero attached hydrogens (tertiary/aromatic N) is 1. The number of ketones is 2. The molecule has 1 heterocycles. The lowest BCUT2D eigenvalue weighted by Gasteiger charge is -2.16. The minimum Gasteiger partial charge on any atom is -0.363 e. The predicted molar refractivity (Wildman–Crippen MR) is 82.9 cm³/mol. The van der Waals surface area contributed by atoms with Crippen molar-refractivity contribution in [3.05, 3.63) is 71.8 Å². The highest BCUT2D eigenvalue weighted by Gasteiger charge is 2.43. The van der Waals surface area contributed by atoms with Crippen molar-refractivity contribution in [3.8, 4) is 0 Å². The molecule has 1 aliphatic rings. The molecule has 2 aromatic rings. The number of aliphatic hydroxyl groups is 1. The van der Waals surface area contributed by atoms with E-state index in [1.54, 1.807) is 30.3 Å². The third kappa shape index (κ3) is 2.73. The zero-order chi connectivity index (χ0) is 15.6. The number of aliphatic imine (C=N–C) groups is 1. The van der Waals surface area contributed by atoms with Crippen LogP contribution in [0.1, 0.15) is 28.8 Å². The van der Waals surface area contributed by atoms with Crippen LogP contribution in [0.25, 0.3) is 0 Å². The maximum Gasteiger partial charge on any atom is 0.223 e. The lowest BCUT2D eigenvalue weighted by molar-refractivity contribution is -0.133. The molecule has 0 fully saturated rings. The second-order valence-electron chi connectivity index (χ2n) is 5.31. The summed E-state index contributed by atoms with van der Waals surface area (Å²) in [7, 11) is 0. The monoisotopic (exact) mass is 293 g/mol. The lowest BCUT2D eigenvalue weighted by atomic mass is 9.97. The zero-order valence-electron chi connectivity index (χ0n) is 11.9. The van der Waals surface area contributed by atoms with Gasteiger partial charge in [0, 0.05) is 5.56 Å². The summed E-state index contributed by atoms with van der Waals surface area (Å²) in [6.45, 7) is 0. The summed E-state index contributed by atoms with van der Waals surface area (Å²) in [5.41, 5.74) is -0.169. The maximum absolute atomic E-state index is 12.2. The van der Waals surface area contributed by atoms with Gasteiger partial charge in [-0.25, -0.2) is 4.99 Å². The Bertz CT molecular complexity index is 737. The molecule has 0 amide bonds. The second kappa shape index (κ2) is 5.66. The Balaban J connectivity index is 1.85. The normalized spacial score (nSPS) is 20.8. The minimum absolute atomic E-state index is 0.0442. The van der Waals surface area contributed by atoms with E-state index in [1.165, 1.54) is 0 Å². The Morgan fingerprint density at radius 3 is 2.27 bits per heavy atom. The van der Waals surface area contributed by atoms with Gasteiger partial charge in [0.2, 0.25) is 5.72 Å². The largest absolute Gasteiger partial charge is 0.363 e. The van der Waals surface area contributed by atoms with Gasteiger partial charge in [-0.15, -0.1) is 0 Å². The van der Waals surface area contributed by atoms with Crippen molar-refractivity contribution in [2.24, 2.45) is 4.99 Å². The summed E-state index contributed by atoms with van der Waals surface area (Å²) in [5, 5.41) is 10.5. The Labute approximate surface area is 128 Å². The van der Waals surface area contributed by atoms with E-state index < -0.39 is 11.5 Å². The van der Waals surface area contributed by atoms with Gasteiger partial charge in [0.1, 0.15) is 0 Å². The Kier molecular flexibility index (Phi) is 3.69. The highest BCUT2D eigenvalue weighted by Crippen LogP contribution is 2.27. The van der Waals surface area contributed by atoms with Crippen LogP contribution in [0.15, 0.2) is 65.7 Å². The van der Waals surface area contributed by atoms with Crippen molar-refractivity contribution in [1.29, 1.82) is 0 Å². The van der Waals surface area contributed by atoms with Gasteiger partial charge in [0.15, 0.2) is 11.6 Å². The van der Waals surface area contributed by atoms with Crippen LogP contribution in [0.3, 0.4) is 0 Å². The number of hydrogen-bond donors (Lipinski definition) is 1. The van der Waals surface area contributed by atoms with Crippen molar-refractivity contribution in [1.82, 2.24) is 0 Å². The fourth-order valence-corrected chi connectivity index (χ4v) is 2.50. The summed E-state index contributed by atoms with van der Waals surface area (Å²) >= 11 is 0. The van der Waals surface area contributed by atoms with E-state index in [0.717, 1.165) is 5.56 Å². The third-order valence-electron chi connectivity index (χ3n) is 3.70. The molecule has 4 nitrogen and oxygen atoms in total. The zero-order valence-corrected chi connectivity index (χ0v) is 11.9. The van der Waals surface area contributed by atoms with E-state index >= 15 is 0 Å². The third-order valence-corrected chi connectivity index (χ3v) is 3.70. The van der Waals surface area contributed by atoms with Crippen LogP contribution in [0.4, 0.5) is 0 Å². The molecule has 0 bridgehead atoms. The maximum atomic E-state index is 12.2. The van der Waals surface area contributed by atoms with Gasteiger partial charge in [-0.3, -0.25) is 9.59 Å². The molecular weight excluding hydrogens is 278 g/mol. The molecule has 1 unspecified atom stereocenters. The molecule has 2 aromatic carbocycles. The molecule has 0 radical (unpaired) electrons. The van der Waals surface area contributed by atoms with Crippen LogP contribution in [-0.2, 0) is 4.79 Å². The van der Waals surface area contributed by atoms with E-state index in [0.29, 0.717) is 11.3 Å². The molecule has 3 rings (SSSR count). The van der Waals surface area contributed by atoms with Crippen LogP contribution in [0.5, 0.6) is 0 Å². The molecule has 0 aliphatic carbocycles. The Morgan fingerprint density at radius 2 is 1.64 bits per heavy atom. The van der Waals surface area contributed by atoms with E-state index in [-0.39, 0.29) is 18.6 Å². The average Bonchev–Trinajstić information content (AvgIpc) is 2.84. The average molecular weight is 293 g/mol. The van der Waals surface area contributed by atoms with E-state index in [4.69, 9.17) is 0 Å². The van der Waals surface area contributed by atoms with Crippen molar-refractivity contribution in [2.45, 2.75) is 18.6 Å². The molecule has 0 saturated carbocycles. The van der Waals surface area contributed by atoms with Crippen molar-refractivity contribution < 1.29 is 14.7 Å². The molecule has 22 heavy (non-hydrogen) atoms. The summed E-state index contributed by atoms with van der Waals surface area (Å²) in [6, 6.07) is 17.8. The van der Waals surface area contributed by atoms with Crippen LogP contribution in [-0.4, -0.2) is 28.1 Å². The van der Waals surface area contributed by atoms with Gasteiger partial charge in [0.25, 0.3) is 0 Å². The Hall–Kier alpha value is -2.59. The molecule has 0 spiro atoms. The van der Waals surface area contributed by atoms with Gasteiger partial charge in [0.05, 0.1) is 18.6 Å². The molecule has 0 saturated heterocycles. The minimum atomic E-state index is -1.95.